The maximum absolute atomic E-state index is 13.4. The van der Waals surface area contributed by atoms with E-state index in [1.54, 1.807) is 53.7 Å². The van der Waals surface area contributed by atoms with Gasteiger partial charge in [-0.3, -0.25) is 19.5 Å². The summed E-state index contributed by atoms with van der Waals surface area (Å²) in [7, 11) is 2.00. The Kier molecular flexibility index (Phi) is 10.0. The first-order valence-corrected chi connectivity index (χ1v) is 13.9. The third kappa shape index (κ3) is 7.52. The third-order valence-electron chi connectivity index (χ3n) is 7.04. The number of rotatable bonds is 8. The van der Waals surface area contributed by atoms with E-state index in [1.165, 1.54) is 0 Å². The summed E-state index contributed by atoms with van der Waals surface area (Å²) in [6, 6.07) is 13.9. The number of carbonyl (C=O) groups is 2. The van der Waals surface area contributed by atoms with Gasteiger partial charge in [0, 0.05) is 54.8 Å². The van der Waals surface area contributed by atoms with Crippen LogP contribution in [0, 0.1) is 5.92 Å². The van der Waals surface area contributed by atoms with Gasteiger partial charge in [-0.15, -0.1) is 0 Å². The van der Waals surface area contributed by atoms with Crippen molar-refractivity contribution in [3.05, 3.63) is 87.7 Å². The first-order valence-electron chi connectivity index (χ1n) is 13.2. The number of pyridine rings is 1. The van der Waals surface area contributed by atoms with Gasteiger partial charge < -0.3 is 20.1 Å². The summed E-state index contributed by atoms with van der Waals surface area (Å²) in [5.41, 5.74) is 2.72. The quantitative estimate of drug-likeness (QED) is 0.390. The molecule has 212 valence electrons. The molecular weight excluding hydrogens is 551 g/mol. The number of aromatic nitrogens is 1. The second-order valence-corrected chi connectivity index (χ2v) is 11.2. The smallest absolute Gasteiger partial charge is 0.255 e. The minimum Gasteiger partial charge on any atom is -0.488 e. The van der Waals surface area contributed by atoms with E-state index in [9.17, 15) is 14.7 Å². The van der Waals surface area contributed by atoms with Gasteiger partial charge in [0.05, 0.1) is 29.1 Å². The van der Waals surface area contributed by atoms with Gasteiger partial charge in [0.15, 0.2) is 0 Å². The zero-order valence-electron chi connectivity index (χ0n) is 22.8. The molecule has 1 aliphatic rings. The van der Waals surface area contributed by atoms with E-state index in [2.05, 4.69) is 22.1 Å². The molecule has 0 fully saturated rings. The molecular formula is C30H34Cl2N4O4. The zero-order chi connectivity index (χ0) is 28.8. The fourth-order valence-corrected chi connectivity index (χ4v) is 5.07. The maximum Gasteiger partial charge on any atom is 0.255 e. The monoisotopic (exact) mass is 584 g/mol. The Morgan fingerprint density at radius 1 is 1.18 bits per heavy atom. The molecule has 0 aliphatic carbocycles. The standard InChI is InChI=1S/C30H34Cl2N4O4/c1-19-15-36(20(2)18-37)29(38)14-23-13-24(34-30(39)22-8-10-33-11-9-22)5-7-27(23)40-28(19)17-35(3)16-21-4-6-25(31)26(32)12-21/h4-13,19-20,28,37H,14-18H2,1-3H3,(H,34,39)/t19-,20+,28-/m0/s1. The fourth-order valence-electron chi connectivity index (χ4n) is 4.75. The lowest BCUT2D eigenvalue weighted by Crippen LogP contribution is -2.47. The van der Waals surface area contributed by atoms with E-state index in [0.29, 0.717) is 52.2 Å². The summed E-state index contributed by atoms with van der Waals surface area (Å²) in [6.07, 6.45) is 2.94. The highest BCUT2D eigenvalue weighted by molar-refractivity contribution is 6.42. The third-order valence-corrected chi connectivity index (χ3v) is 7.78. The van der Waals surface area contributed by atoms with Gasteiger partial charge in [-0.1, -0.05) is 36.2 Å². The van der Waals surface area contributed by atoms with Gasteiger partial charge in [0.25, 0.3) is 5.91 Å². The zero-order valence-corrected chi connectivity index (χ0v) is 24.3. The molecule has 0 radical (unpaired) electrons. The lowest BCUT2D eigenvalue weighted by Gasteiger charge is -2.34. The molecule has 2 amide bonds. The molecule has 0 bridgehead atoms. The van der Waals surface area contributed by atoms with Crippen molar-refractivity contribution in [2.45, 2.75) is 39.0 Å². The van der Waals surface area contributed by atoms with Crippen molar-refractivity contribution in [3.63, 3.8) is 0 Å². The van der Waals surface area contributed by atoms with Crippen LogP contribution in [0.3, 0.4) is 0 Å². The first kappa shape index (κ1) is 29.8. The van der Waals surface area contributed by atoms with Crippen LogP contribution in [0.25, 0.3) is 0 Å². The number of hydrogen-bond donors (Lipinski definition) is 2. The van der Waals surface area contributed by atoms with Gasteiger partial charge in [-0.2, -0.15) is 0 Å². The van der Waals surface area contributed by atoms with Crippen molar-refractivity contribution >= 4 is 40.7 Å². The number of ether oxygens (including phenoxy) is 1. The first-order chi connectivity index (χ1) is 19.1. The maximum atomic E-state index is 13.4. The van der Waals surface area contributed by atoms with Crippen LogP contribution in [0.4, 0.5) is 5.69 Å². The lowest BCUT2D eigenvalue weighted by atomic mass is 10.0. The molecule has 2 aromatic carbocycles. The summed E-state index contributed by atoms with van der Waals surface area (Å²) in [5, 5.41) is 13.8. The molecule has 10 heteroatoms. The van der Waals surface area contributed by atoms with E-state index in [0.717, 1.165) is 5.56 Å². The van der Waals surface area contributed by atoms with E-state index in [-0.39, 0.29) is 42.9 Å². The number of anilines is 1. The summed E-state index contributed by atoms with van der Waals surface area (Å²) in [6.45, 7) is 5.39. The average Bonchev–Trinajstić information content (AvgIpc) is 2.98. The molecule has 8 nitrogen and oxygen atoms in total. The highest BCUT2D eigenvalue weighted by atomic mass is 35.5. The molecule has 0 saturated heterocycles. The SMILES string of the molecule is C[C@H](CO)N1C[C@H](C)[C@H](CN(C)Cc2ccc(Cl)c(Cl)c2)Oc2ccc(NC(=O)c3ccncc3)cc2CC1=O. The number of amides is 2. The Morgan fingerprint density at radius 2 is 1.93 bits per heavy atom. The molecule has 2 heterocycles. The van der Waals surface area contributed by atoms with E-state index >= 15 is 0 Å². The Bertz CT molecular complexity index is 1340. The molecule has 40 heavy (non-hydrogen) atoms. The Hall–Kier alpha value is -3.17. The molecule has 0 saturated carbocycles. The largest absolute Gasteiger partial charge is 0.488 e. The van der Waals surface area contributed by atoms with E-state index < -0.39 is 0 Å². The van der Waals surface area contributed by atoms with Crippen molar-refractivity contribution in [2.75, 3.05) is 32.1 Å². The summed E-state index contributed by atoms with van der Waals surface area (Å²) in [4.78, 5) is 34.0. The lowest BCUT2D eigenvalue weighted by molar-refractivity contribution is -0.134. The number of nitrogens with one attached hydrogen (secondary N) is 1. The molecule has 2 N–H and O–H groups in total. The number of halogens is 2. The Labute approximate surface area is 244 Å². The second kappa shape index (κ2) is 13.5. The highest BCUT2D eigenvalue weighted by Gasteiger charge is 2.31. The summed E-state index contributed by atoms with van der Waals surface area (Å²) in [5.74, 6) is 0.170. The summed E-state index contributed by atoms with van der Waals surface area (Å²) >= 11 is 12.3. The molecule has 4 rings (SSSR count). The van der Waals surface area contributed by atoms with Gasteiger partial charge in [-0.25, -0.2) is 0 Å². The van der Waals surface area contributed by atoms with Crippen LogP contribution in [-0.2, 0) is 17.8 Å². The van der Waals surface area contributed by atoms with Crippen LogP contribution in [0.2, 0.25) is 10.0 Å². The molecule has 1 aromatic heterocycles. The van der Waals surface area contributed by atoms with Crippen molar-refractivity contribution in [1.29, 1.82) is 0 Å². The highest BCUT2D eigenvalue weighted by Crippen LogP contribution is 2.30. The van der Waals surface area contributed by atoms with Crippen LogP contribution in [0.5, 0.6) is 5.75 Å². The normalized spacial score (nSPS) is 18.3. The van der Waals surface area contributed by atoms with E-state index in [1.807, 2.05) is 26.1 Å². The number of likely N-dealkylation sites (N-methyl/N-ethyl adjacent to an activating group) is 1. The number of carbonyl (C=O) groups excluding carboxylic acids is 2. The predicted molar refractivity (Wildman–Crippen MR) is 157 cm³/mol. The second-order valence-electron chi connectivity index (χ2n) is 10.3. The van der Waals surface area contributed by atoms with Crippen molar-refractivity contribution in [3.8, 4) is 5.75 Å². The van der Waals surface area contributed by atoms with Crippen molar-refractivity contribution < 1.29 is 19.4 Å². The number of hydrogen-bond acceptors (Lipinski definition) is 6. The van der Waals surface area contributed by atoms with Crippen LogP contribution in [0.15, 0.2) is 60.9 Å². The number of fused-ring (bicyclic) bond motifs is 1. The van der Waals surface area contributed by atoms with E-state index in [4.69, 9.17) is 27.9 Å². The van der Waals surface area contributed by atoms with Crippen LogP contribution in [0.1, 0.15) is 35.3 Å². The minimum atomic E-state index is -0.347. The molecule has 3 aromatic rings. The predicted octanol–water partition coefficient (Wildman–Crippen LogP) is 4.92. The fraction of sp³-hybridized carbons (Fsp3) is 0.367. The number of benzene rings is 2. The van der Waals surface area contributed by atoms with Gasteiger partial charge >= 0.3 is 0 Å². The van der Waals surface area contributed by atoms with Crippen molar-refractivity contribution in [1.82, 2.24) is 14.8 Å². The average molecular weight is 586 g/mol. The van der Waals surface area contributed by atoms with Gasteiger partial charge in [0.1, 0.15) is 11.9 Å². The number of aliphatic hydroxyl groups is 1. The molecule has 1 aliphatic heterocycles. The molecule has 0 unspecified atom stereocenters. The molecule has 0 spiro atoms. The molecule has 3 atom stereocenters. The number of aliphatic hydroxyl groups excluding tert-OH is 1. The topological polar surface area (TPSA) is 95.0 Å². The van der Waals surface area contributed by atoms with Crippen LogP contribution >= 0.6 is 23.2 Å². The van der Waals surface area contributed by atoms with Crippen LogP contribution in [-0.4, -0.2) is 70.6 Å². The minimum absolute atomic E-state index is 0.0359. The van der Waals surface area contributed by atoms with Gasteiger partial charge in [0.2, 0.25) is 5.91 Å². The number of nitrogens with zero attached hydrogens (tertiary/aromatic N) is 3. The summed E-state index contributed by atoms with van der Waals surface area (Å²) < 4.78 is 6.58. The Balaban J connectivity index is 1.59. The van der Waals surface area contributed by atoms with Gasteiger partial charge in [-0.05, 0) is 62.0 Å². The Morgan fingerprint density at radius 3 is 2.62 bits per heavy atom. The van der Waals surface area contributed by atoms with Crippen LogP contribution < -0.4 is 10.1 Å². The van der Waals surface area contributed by atoms with Crippen molar-refractivity contribution in [2.24, 2.45) is 5.92 Å².